The minimum atomic E-state index is -1.23. The van der Waals surface area contributed by atoms with Crippen molar-refractivity contribution < 1.29 is 13.9 Å². The second kappa shape index (κ2) is 7.58. The Kier molecular flexibility index (Phi) is 5.38. The molecule has 0 radical (unpaired) electrons. The van der Waals surface area contributed by atoms with E-state index in [1.54, 1.807) is 30.9 Å². The number of hydrogen-bond donors (Lipinski definition) is 0. The first-order valence-corrected chi connectivity index (χ1v) is 9.12. The summed E-state index contributed by atoms with van der Waals surface area (Å²) in [4.78, 5) is 18.3. The van der Waals surface area contributed by atoms with Crippen molar-refractivity contribution in [3.05, 3.63) is 70.3 Å². The van der Waals surface area contributed by atoms with E-state index in [1.807, 2.05) is 12.1 Å². The van der Waals surface area contributed by atoms with E-state index in [4.69, 9.17) is 22.9 Å². The molecule has 2 aromatic carbocycles. The average molecular weight is 387 g/mol. The lowest BCUT2D eigenvalue weighted by Crippen LogP contribution is -2.48. The van der Waals surface area contributed by atoms with E-state index in [2.05, 4.69) is 4.85 Å². The highest BCUT2D eigenvalue weighted by molar-refractivity contribution is 6.30. The van der Waals surface area contributed by atoms with Gasteiger partial charge in [0, 0.05) is 11.6 Å². The zero-order valence-corrected chi connectivity index (χ0v) is 16.0. The third kappa shape index (κ3) is 4.06. The molecule has 0 spiro atoms. The van der Waals surface area contributed by atoms with Gasteiger partial charge in [0.1, 0.15) is 0 Å². The molecular formula is C21H20ClFN2O2. The van der Waals surface area contributed by atoms with Gasteiger partial charge < -0.3 is 9.64 Å². The first kappa shape index (κ1) is 19.2. The quantitative estimate of drug-likeness (QED) is 0.645. The lowest BCUT2D eigenvalue weighted by atomic mass is 10.0. The third-order valence-electron chi connectivity index (χ3n) is 4.69. The molecule has 140 valence electrons. The van der Waals surface area contributed by atoms with Crippen molar-refractivity contribution in [2.24, 2.45) is 0 Å². The molecule has 3 rings (SSSR count). The Morgan fingerprint density at radius 1 is 1.30 bits per heavy atom. The summed E-state index contributed by atoms with van der Waals surface area (Å²) in [5.74, 6) is -0.806. The topological polar surface area (TPSA) is 33.9 Å². The standard InChI is InChI=1S/C21H20ClFN2O2/c1-21(2,27-19-11-8-15(22)13-17(19)23)20(26)25-12-4-5-18(25)14-6-9-16(24-3)10-7-14/h6-11,13,18H,4-5,12H2,1-2H3. The number of amides is 1. The van der Waals surface area contributed by atoms with Crippen molar-refractivity contribution in [2.75, 3.05) is 6.54 Å². The second-order valence-electron chi connectivity index (χ2n) is 7.05. The maximum atomic E-state index is 14.1. The summed E-state index contributed by atoms with van der Waals surface area (Å²) in [5, 5.41) is 0.270. The highest BCUT2D eigenvalue weighted by atomic mass is 35.5. The normalized spacial score (nSPS) is 16.9. The van der Waals surface area contributed by atoms with Gasteiger partial charge in [-0.1, -0.05) is 35.9 Å². The van der Waals surface area contributed by atoms with Crippen LogP contribution < -0.4 is 4.74 Å². The number of rotatable bonds is 4. The molecular weight excluding hydrogens is 367 g/mol. The number of carbonyl (C=O) groups is 1. The third-order valence-corrected chi connectivity index (χ3v) is 4.93. The smallest absolute Gasteiger partial charge is 0.266 e. The number of halogens is 2. The van der Waals surface area contributed by atoms with E-state index < -0.39 is 11.4 Å². The SMILES string of the molecule is [C-]#[N+]c1ccc(C2CCCN2C(=O)C(C)(C)Oc2ccc(Cl)cc2F)cc1. The largest absolute Gasteiger partial charge is 0.475 e. The van der Waals surface area contributed by atoms with Crippen molar-refractivity contribution in [1.82, 2.24) is 4.90 Å². The monoisotopic (exact) mass is 386 g/mol. The van der Waals surface area contributed by atoms with Gasteiger partial charge in [0.05, 0.1) is 12.6 Å². The maximum absolute atomic E-state index is 14.1. The Bertz CT molecular complexity index is 890. The summed E-state index contributed by atoms with van der Waals surface area (Å²) in [5.41, 5.74) is 0.325. The van der Waals surface area contributed by atoms with Crippen LogP contribution in [0.1, 0.15) is 38.3 Å². The highest BCUT2D eigenvalue weighted by Crippen LogP contribution is 2.35. The molecule has 0 aromatic heterocycles. The Morgan fingerprint density at radius 2 is 2.00 bits per heavy atom. The first-order valence-electron chi connectivity index (χ1n) is 8.74. The van der Waals surface area contributed by atoms with Crippen molar-refractivity contribution in [3.63, 3.8) is 0 Å². The van der Waals surface area contributed by atoms with Crippen LogP contribution in [0.15, 0.2) is 42.5 Å². The minimum absolute atomic E-state index is 0.00472. The van der Waals surface area contributed by atoms with E-state index >= 15 is 0 Å². The molecule has 1 aliphatic rings. The summed E-state index contributed by atoms with van der Waals surface area (Å²) >= 11 is 5.77. The van der Waals surface area contributed by atoms with Gasteiger partial charge in [-0.05, 0) is 50.5 Å². The molecule has 27 heavy (non-hydrogen) atoms. The predicted octanol–water partition coefficient (Wildman–Crippen LogP) is 5.55. The van der Waals surface area contributed by atoms with Gasteiger partial charge >= 0.3 is 0 Å². The number of hydrogen-bond acceptors (Lipinski definition) is 2. The predicted molar refractivity (Wildman–Crippen MR) is 103 cm³/mol. The first-order chi connectivity index (χ1) is 12.8. The molecule has 1 atom stereocenters. The Labute approximate surface area is 163 Å². The van der Waals surface area contributed by atoms with Crippen LogP contribution in [-0.4, -0.2) is 23.0 Å². The fraction of sp³-hybridized carbons (Fsp3) is 0.333. The fourth-order valence-corrected chi connectivity index (χ4v) is 3.51. The molecule has 6 heteroatoms. The number of likely N-dealkylation sites (tertiary alicyclic amines) is 1. The van der Waals surface area contributed by atoms with E-state index in [0.717, 1.165) is 24.5 Å². The zero-order valence-electron chi connectivity index (χ0n) is 15.2. The summed E-state index contributed by atoms with van der Waals surface area (Å²) in [6.45, 7) is 11.0. The van der Waals surface area contributed by atoms with Crippen LogP contribution in [0.2, 0.25) is 5.02 Å². The number of carbonyl (C=O) groups excluding carboxylic acids is 1. The molecule has 0 aliphatic carbocycles. The van der Waals surface area contributed by atoms with Crippen LogP contribution in [0.25, 0.3) is 4.85 Å². The van der Waals surface area contributed by atoms with Crippen LogP contribution >= 0.6 is 11.6 Å². The van der Waals surface area contributed by atoms with Gasteiger partial charge in [-0.15, -0.1) is 0 Å². The number of nitrogens with zero attached hydrogens (tertiary/aromatic N) is 2. The van der Waals surface area contributed by atoms with Crippen molar-refractivity contribution >= 4 is 23.2 Å². The summed E-state index contributed by atoms with van der Waals surface area (Å²) < 4.78 is 19.8. The highest BCUT2D eigenvalue weighted by Gasteiger charge is 2.40. The number of ether oxygens (including phenoxy) is 1. The molecule has 1 fully saturated rings. The van der Waals surface area contributed by atoms with Gasteiger partial charge in [0.25, 0.3) is 5.91 Å². The Morgan fingerprint density at radius 3 is 2.63 bits per heavy atom. The zero-order chi connectivity index (χ0) is 19.6. The lowest BCUT2D eigenvalue weighted by molar-refractivity contribution is -0.146. The summed E-state index contributed by atoms with van der Waals surface area (Å²) in [6, 6.07) is 11.3. The Balaban J connectivity index is 1.80. The van der Waals surface area contributed by atoms with Gasteiger partial charge in [0.15, 0.2) is 22.9 Å². The molecule has 1 aliphatic heterocycles. The maximum Gasteiger partial charge on any atom is 0.266 e. The van der Waals surface area contributed by atoms with E-state index in [9.17, 15) is 9.18 Å². The minimum Gasteiger partial charge on any atom is -0.475 e. The van der Waals surface area contributed by atoms with E-state index in [1.165, 1.54) is 12.1 Å². The molecule has 1 saturated heterocycles. The average Bonchev–Trinajstić information content (AvgIpc) is 3.13. The summed E-state index contributed by atoms with van der Waals surface area (Å²) in [7, 11) is 0. The molecule has 4 nitrogen and oxygen atoms in total. The molecule has 2 aromatic rings. The van der Waals surface area contributed by atoms with E-state index in [0.29, 0.717) is 12.2 Å². The van der Waals surface area contributed by atoms with Crippen LogP contribution in [0, 0.1) is 12.4 Å². The van der Waals surface area contributed by atoms with Crippen molar-refractivity contribution in [3.8, 4) is 5.75 Å². The van der Waals surface area contributed by atoms with Crippen molar-refractivity contribution in [2.45, 2.75) is 38.3 Å². The second-order valence-corrected chi connectivity index (χ2v) is 7.48. The van der Waals surface area contributed by atoms with Gasteiger partial charge in [-0.2, -0.15) is 0 Å². The van der Waals surface area contributed by atoms with Gasteiger partial charge in [-0.3, -0.25) is 4.79 Å². The molecule has 1 heterocycles. The van der Waals surface area contributed by atoms with Gasteiger partial charge in [-0.25, -0.2) is 9.24 Å². The van der Waals surface area contributed by atoms with Crippen LogP contribution in [-0.2, 0) is 4.79 Å². The molecule has 1 unspecified atom stereocenters. The van der Waals surface area contributed by atoms with Crippen molar-refractivity contribution in [1.29, 1.82) is 0 Å². The van der Waals surface area contributed by atoms with Gasteiger partial charge in [0.2, 0.25) is 0 Å². The van der Waals surface area contributed by atoms with Crippen LogP contribution in [0.3, 0.4) is 0 Å². The molecule has 0 saturated carbocycles. The molecule has 0 N–H and O–H groups in total. The fourth-order valence-electron chi connectivity index (χ4n) is 3.35. The van der Waals surface area contributed by atoms with Crippen LogP contribution in [0.5, 0.6) is 5.75 Å². The van der Waals surface area contributed by atoms with Crippen LogP contribution in [0.4, 0.5) is 10.1 Å². The van der Waals surface area contributed by atoms with E-state index in [-0.39, 0.29) is 22.7 Å². The molecule has 1 amide bonds. The number of benzene rings is 2. The lowest BCUT2D eigenvalue weighted by Gasteiger charge is -2.33. The molecule has 0 bridgehead atoms. The summed E-state index contributed by atoms with van der Waals surface area (Å²) in [6.07, 6.45) is 1.72. The Hall–Kier alpha value is -2.58.